The Bertz CT molecular complexity index is 676. The molecule has 3 nitrogen and oxygen atoms in total. The highest BCUT2D eigenvalue weighted by Gasteiger charge is 2.25. The lowest BCUT2D eigenvalue weighted by molar-refractivity contribution is 0.0714. The van der Waals surface area contributed by atoms with Gasteiger partial charge in [-0.15, -0.1) is 0 Å². The van der Waals surface area contributed by atoms with E-state index < -0.39 is 5.60 Å². The SMILES string of the molecule is CN1CCN(Cc2ccc(CCC(C)(C)O)cc2)C[C@@H]1c1ccccc1. The third-order valence-corrected chi connectivity index (χ3v) is 5.37. The summed E-state index contributed by atoms with van der Waals surface area (Å²) < 4.78 is 0. The average Bonchev–Trinajstić information content (AvgIpc) is 2.63. The second-order valence-corrected chi connectivity index (χ2v) is 8.27. The largest absolute Gasteiger partial charge is 0.390 e. The van der Waals surface area contributed by atoms with Crippen LogP contribution in [0.3, 0.4) is 0 Å². The molecule has 1 aliphatic heterocycles. The zero-order chi connectivity index (χ0) is 18.6. The van der Waals surface area contributed by atoms with Crippen molar-refractivity contribution < 1.29 is 5.11 Å². The summed E-state index contributed by atoms with van der Waals surface area (Å²) >= 11 is 0. The van der Waals surface area contributed by atoms with Gasteiger partial charge in [-0.1, -0.05) is 54.6 Å². The van der Waals surface area contributed by atoms with Crippen LogP contribution in [0.4, 0.5) is 0 Å². The van der Waals surface area contributed by atoms with E-state index in [9.17, 15) is 5.11 Å². The zero-order valence-electron chi connectivity index (χ0n) is 16.4. The lowest BCUT2D eigenvalue weighted by Crippen LogP contribution is -2.46. The van der Waals surface area contributed by atoms with Gasteiger partial charge < -0.3 is 5.11 Å². The Labute approximate surface area is 158 Å². The molecule has 0 aliphatic carbocycles. The Morgan fingerprint density at radius 2 is 1.62 bits per heavy atom. The number of aliphatic hydroxyl groups is 1. The van der Waals surface area contributed by atoms with Crippen LogP contribution in [0.25, 0.3) is 0 Å². The van der Waals surface area contributed by atoms with Crippen molar-refractivity contribution in [3.63, 3.8) is 0 Å². The molecule has 1 saturated heterocycles. The van der Waals surface area contributed by atoms with E-state index in [2.05, 4.69) is 71.4 Å². The monoisotopic (exact) mass is 352 g/mol. The van der Waals surface area contributed by atoms with E-state index >= 15 is 0 Å². The van der Waals surface area contributed by atoms with Gasteiger partial charge in [-0.3, -0.25) is 9.80 Å². The first kappa shape index (κ1) is 19.1. The van der Waals surface area contributed by atoms with Gasteiger partial charge in [0, 0.05) is 32.2 Å². The van der Waals surface area contributed by atoms with Crippen LogP contribution >= 0.6 is 0 Å². The number of benzene rings is 2. The summed E-state index contributed by atoms with van der Waals surface area (Å²) in [4.78, 5) is 5.02. The van der Waals surface area contributed by atoms with Gasteiger partial charge in [0.25, 0.3) is 0 Å². The fourth-order valence-corrected chi connectivity index (χ4v) is 3.63. The molecule has 1 fully saturated rings. The quantitative estimate of drug-likeness (QED) is 0.855. The minimum atomic E-state index is -0.592. The maximum Gasteiger partial charge on any atom is 0.0594 e. The molecular formula is C23H32N2O. The van der Waals surface area contributed by atoms with E-state index in [1.165, 1.54) is 16.7 Å². The zero-order valence-corrected chi connectivity index (χ0v) is 16.4. The Morgan fingerprint density at radius 3 is 2.27 bits per heavy atom. The highest BCUT2D eigenvalue weighted by atomic mass is 16.3. The number of nitrogens with zero attached hydrogens (tertiary/aromatic N) is 2. The summed E-state index contributed by atoms with van der Waals surface area (Å²) in [6, 6.07) is 20.2. The molecule has 26 heavy (non-hydrogen) atoms. The van der Waals surface area contributed by atoms with E-state index in [1.807, 2.05) is 13.8 Å². The molecule has 1 N–H and O–H groups in total. The summed E-state index contributed by atoms with van der Waals surface area (Å²) in [6.07, 6.45) is 1.72. The van der Waals surface area contributed by atoms with Crippen molar-refractivity contribution in [2.24, 2.45) is 0 Å². The van der Waals surface area contributed by atoms with Crippen LogP contribution in [0.15, 0.2) is 54.6 Å². The normalized spacial score (nSPS) is 19.6. The van der Waals surface area contributed by atoms with Gasteiger partial charge in [-0.2, -0.15) is 0 Å². The van der Waals surface area contributed by atoms with Gasteiger partial charge in [0.1, 0.15) is 0 Å². The first-order valence-electron chi connectivity index (χ1n) is 9.68. The van der Waals surface area contributed by atoms with E-state index in [4.69, 9.17) is 0 Å². The fourth-order valence-electron chi connectivity index (χ4n) is 3.63. The maximum absolute atomic E-state index is 9.88. The summed E-state index contributed by atoms with van der Waals surface area (Å²) in [5, 5.41) is 9.88. The minimum Gasteiger partial charge on any atom is -0.390 e. The van der Waals surface area contributed by atoms with Crippen LogP contribution in [0.5, 0.6) is 0 Å². The molecule has 0 spiro atoms. The van der Waals surface area contributed by atoms with Gasteiger partial charge in [-0.25, -0.2) is 0 Å². The van der Waals surface area contributed by atoms with Crippen molar-refractivity contribution in [2.75, 3.05) is 26.7 Å². The highest BCUT2D eigenvalue weighted by molar-refractivity contribution is 5.24. The molecule has 0 radical (unpaired) electrons. The van der Waals surface area contributed by atoms with Crippen LogP contribution < -0.4 is 0 Å². The lowest BCUT2D eigenvalue weighted by Gasteiger charge is -2.39. The van der Waals surface area contributed by atoms with Crippen molar-refractivity contribution in [3.8, 4) is 0 Å². The highest BCUT2D eigenvalue weighted by Crippen LogP contribution is 2.25. The van der Waals surface area contributed by atoms with Gasteiger partial charge in [0.05, 0.1) is 5.60 Å². The van der Waals surface area contributed by atoms with Crippen molar-refractivity contribution >= 4 is 0 Å². The molecule has 1 heterocycles. The van der Waals surface area contributed by atoms with Gasteiger partial charge >= 0.3 is 0 Å². The molecule has 1 atom stereocenters. The summed E-state index contributed by atoms with van der Waals surface area (Å²) in [5.41, 5.74) is 3.48. The van der Waals surface area contributed by atoms with Crippen molar-refractivity contribution in [1.82, 2.24) is 9.80 Å². The Balaban J connectivity index is 1.58. The minimum absolute atomic E-state index is 0.469. The van der Waals surface area contributed by atoms with Crippen LogP contribution in [0.1, 0.15) is 43.0 Å². The number of likely N-dealkylation sites (N-methyl/N-ethyl adjacent to an activating group) is 1. The van der Waals surface area contributed by atoms with Crippen LogP contribution in [0, 0.1) is 0 Å². The Hall–Kier alpha value is -1.68. The van der Waals surface area contributed by atoms with Crippen molar-refractivity contribution in [1.29, 1.82) is 0 Å². The second kappa shape index (κ2) is 8.34. The maximum atomic E-state index is 9.88. The van der Waals surface area contributed by atoms with E-state index in [0.717, 1.165) is 39.0 Å². The molecule has 3 rings (SSSR count). The van der Waals surface area contributed by atoms with Crippen LogP contribution in [-0.4, -0.2) is 47.2 Å². The predicted molar refractivity (Wildman–Crippen MR) is 108 cm³/mol. The summed E-state index contributed by atoms with van der Waals surface area (Å²) in [5.74, 6) is 0. The van der Waals surface area contributed by atoms with Crippen molar-refractivity contribution in [3.05, 3.63) is 71.3 Å². The summed E-state index contributed by atoms with van der Waals surface area (Å²) in [7, 11) is 2.23. The third-order valence-electron chi connectivity index (χ3n) is 5.37. The predicted octanol–water partition coefficient (Wildman–Crippen LogP) is 3.88. The molecule has 0 saturated carbocycles. The molecule has 2 aromatic carbocycles. The Morgan fingerprint density at radius 1 is 0.962 bits per heavy atom. The van der Waals surface area contributed by atoms with Crippen LogP contribution in [-0.2, 0) is 13.0 Å². The third kappa shape index (κ3) is 5.41. The molecule has 1 aliphatic rings. The molecule has 0 bridgehead atoms. The fraction of sp³-hybridized carbons (Fsp3) is 0.478. The smallest absolute Gasteiger partial charge is 0.0594 e. The van der Waals surface area contributed by atoms with E-state index in [-0.39, 0.29) is 0 Å². The molecule has 3 heteroatoms. The van der Waals surface area contributed by atoms with Gasteiger partial charge in [0.15, 0.2) is 0 Å². The molecule has 0 aromatic heterocycles. The Kier molecular flexibility index (Phi) is 6.13. The molecule has 2 aromatic rings. The first-order chi connectivity index (χ1) is 12.4. The number of hydrogen-bond acceptors (Lipinski definition) is 3. The standard InChI is InChI=1S/C23H32N2O/c1-23(2,26)14-13-19-9-11-20(12-10-19)17-25-16-15-24(3)22(18-25)21-7-5-4-6-8-21/h4-12,22,26H,13-18H2,1-3H3/t22-/m1/s1. The lowest BCUT2D eigenvalue weighted by atomic mass is 9.98. The summed E-state index contributed by atoms with van der Waals surface area (Å²) in [6.45, 7) is 8.03. The molecule has 0 unspecified atom stereocenters. The van der Waals surface area contributed by atoms with Gasteiger partial charge in [-0.05, 0) is 50.4 Å². The average molecular weight is 353 g/mol. The van der Waals surface area contributed by atoms with Crippen molar-refractivity contribution in [2.45, 2.75) is 44.9 Å². The van der Waals surface area contributed by atoms with E-state index in [0.29, 0.717) is 6.04 Å². The van der Waals surface area contributed by atoms with Crippen LogP contribution in [0.2, 0.25) is 0 Å². The first-order valence-corrected chi connectivity index (χ1v) is 9.68. The second-order valence-electron chi connectivity index (χ2n) is 8.27. The number of rotatable bonds is 6. The molecule has 0 amide bonds. The molecule has 140 valence electrons. The number of piperazine rings is 1. The topological polar surface area (TPSA) is 26.7 Å². The van der Waals surface area contributed by atoms with Gasteiger partial charge in [0.2, 0.25) is 0 Å². The van der Waals surface area contributed by atoms with E-state index in [1.54, 1.807) is 0 Å². The number of aryl methyl sites for hydroxylation is 1. The molecular weight excluding hydrogens is 320 g/mol. The number of hydrogen-bond donors (Lipinski definition) is 1.